The Morgan fingerprint density at radius 2 is 1.69 bits per heavy atom. The number of anilines is 2. The molecule has 0 spiro atoms. The molecule has 0 aliphatic carbocycles. The van der Waals surface area contributed by atoms with E-state index in [1.54, 1.807) is 4.68 Å². The molecule has 10 nitrogen and oxygen atoms in total. The van der Waals surface area contributed by atoms with Crippen LogP contribution in [-0.4, -0.2) is 66.3 Å². The summed E-state index contributed by atoms with van der Waals surface area (Å²) >= 11 is 0. The normalized spacial score (nSPS) is 15.4. The van der Waals surface area contributed by atoms with Crippen LogP contribution in [0.4, 0.5) is 16.3 Å². The van der Waals surface area contributed by atoms with Gasteiger partial charge >= 0.3 is 6.03 Å². The van der Waals surface area contributed by atoms with E-state index in [1.807, 2.05) is 81.2 Å². The highest BCUT2D eigenvalue weighted by molar-refractivity contribution is 5.99. The van der Waals surface area contributed by atoms with E-state index in [0.29, 0.717) is 37.4 Å². The Balaban J connectivity index is 1.41. The SMILES string of the molecule is Cc1cc(C(=O)NCCN(C)C)cc(C)c1N1CC(Cc2ccccc2CNC(=O)Nc2cc(C(C)(C)C)nn2C)CCC1=O. The second-order valence-corrected chi connectivity index (χ2v) is 13.5. The number of benzene rings is 2. The van der Waals surface area contributed by atoms with Crippen molar-refractivity contribution in [2.24, 2.45) is 13.0 Å². The number of nitrogens with one attached hydrogen (secondary N) is 3. The Morgan fingerprint density at radius 1 is 1.02 bits per heavy atom. The third-order valence-electron chi connectivity index (χ3n) is 8.33. The molecule has 4 amide bonds. The average Bonchev–Trinajstić information content (AvgIpc) is 3.34. The Morgan fingerprint density at radius 3 is 2.31 bits per heavy atom. The van der Waals surface area contributed by atoms with Gasteiger partial charge in [0.2, 0.25) is 5.91 Å². The molecule has 1 atom stereocenters. The molecule has 0 saturated carbocycles. The molecule has 1 fully saturated rings. The lowest BCUT2D eigenvalue weighted by Gasteiger charge is -2.35. The molecular weight excluding hydrogens is 566 g/mol. The van der Waals surface area contributed by atoms with Crippen LogP contribution in [0.1, 0.15) is 71.9 Å². The van der Waals surface area contributed by atoms with Crippen molar-refractivity contribution in [2.75, 3.05) is 43.9 Å². The fourth-order valence-corrected chi connectivity index (χ4v) is 5.83. The highest BCUT2D eigenvalue weighted by Crippen LogP contribution is 2.33. The van der Waals surface area contributed by atoms with Crippen molar-refractivity contribution in [3.05, 3.63) is 76.0 Å². The Hall–Kier alpha value is -4.18. The van der Waals surface area contributed by atoms with E-state index in [9.17, 15) is 14.4 Å². The summed E-state index contributed by atoms with van der Waals surface area (Å²) in [5.74, 6) is 0.903. The number of rotatable bonds is 10. The van der Waals surface area contributed by atoms with Gasteiger partial charge in [-0.3, -0.25) is 19.6 Å². The van der Waals surface area contributed by atoms with E-state index < -0.39 is 0 Å². The molecule has 3 N–H and O–H groups in total. The molecule has 3 aromatic rings. The summed E-state index contributed by atoms with van der Waals surface area (Å²) < 4.78 is 1.68. The number of hydrogen-bond donors (Lipinski definition) is 3. The molecule has 1 saturated heterocycles. The van der Waals surface area contributed by atoms with Gasteiger partial charge in [0.25, 0.3) is 5.91 Å². The number of carbonyl (C=O) groups excluding carboxylic acids is 3. The van der Waals surface area contributed by atoms with Crippen LogP contribution in [0, 0.1) is 19.8 Å². The summed E-state index contributed by atoms with van der Waals surface area (Å²) in [6, 6.07) is 13.5. The third kappa shape index (κ3) is 8.72. The molecule has 2 aromatic carbocycles. The average molecular weight is 616 g/mol. The zero-order valence-corrected chi connectivity index (χ0v) is 28.1. The lowest BCUT2D eigenvalue weighted by Crippen LogP contribution is -2.41. The number of urea groups is 1. The first-order chi connectivity index (χ1) is 21.2. The number of nitrogens with zero attached hydrogens (tertiary/aromatic N) is 4. The fourth-order valence-electron chi connectivity index (χ4n) is 5.83. The van der Waals surface area contributed by atoms with Gasteiger partial charge in [-0.05, 0) is 81.1 Å². The van der Waals surface area contributed by atoms with Crippen LogP contribution in [0.15, 0.2) is 42.5 Å². The van der Waals surface area contributed by atoms with Crippen molar-refractivity contribution in [2.45, 2.75) is 65.8 Å². The lowest BCUT2D eigenvalue weighted by molar-refractivity contribution is -0.120. The second kappa shape index (κ2) is 14.3. The molecule has 45 heavy (non-hydrogen) atoms. The minimum atomic E-state index is -0.288. The molecule has 1 unspecified atom stereocenters. The fraction of sp³-hybridized carbons (Fsp3) is 0.486. The number of aromatic nitrogens is 2. The van der Waals surface area contributed by atoms with Crippen molar-refractivity contribution in [3.63, 3.8) is 0 Å². The van der Waals surface area contributed by atoms with Crippen molar-refractivity contribution < 1.29 is 14.4 Å². The van der Waals surface area contributed by atoms with Gasteiger partial charge in [0, 0.05) is 62.4 Å². The van der Waals surface area contributed by atoms with Crippen molar-refractivity contribution in [1.82, 2.24) is 25.3 Å². The van der Waals surface area contributed by atoms with Gasteiger partial charge < -0.3 is 20.4 Å². The van der Waals surface area contributed by atoms with E-state index in [1.165, 1.54) is 0 Å². The molecule has 10 heteroatoms. The zero-order chi connectivity index (χ0) is 32.9. The van der Waals surface area contributed by atoms with Crippen molar-refractivity contribution >= 4 is 29.4 Å². The van der Waals surface area contributed by atoms with E-state index in [0.717, 1.165) is 53.0 Å². The van der Waals surface area contributed by atoms with Crippen LogP contribution in [0.25, 0.3) is 0 Å². The summed E-state index contributed by atoms with van der Waals surface area (Å²) in [6.45, 7) is 12.5. The van der Waals surface area contributed by atoms with Crippen LogP contribution in [-0.2, 0) is 30.2 Å². The Labute approximate surface area is 267 Å². The van der Waals surface area contributed by atoms with Crippen LogP contribution in [0.3, 0.4) is 0 Å². The maximum absolute atomic E-state index is 13.2. The summed E-state index contributed by atoms with van der Waals surface area (Å²) in [7, 11) is 5.76. The molecule has 242 valence electrons. The minimum absolute atomic E-state index is 0.105. The van der Waals surface area contributed by atoms with Crippen LogP contribution in [0.2, 0.25) is 0 Å². The predicted octanol–water partition coefficient (Wildman–Crippen LogP) is 4.93. The molecule has 4 rings (SSSR count). The summed E-state index contributed by atoms with van der Waals surface area (Å²) in [5.41, 5.74) is 6.34. The molecule has 1 aliphatic rings. The van der Waals surface area contributed by atoms with Crippen molar-refractivity contribution in [1.29, 1.82) is 0 Å². The van der Waals surface area contributed by atoms with Gasteiger partial charge in [0.05, 0.1) is 5.69 Å². The van der Waals surface area contributed by atoms with Crippen LogP contribution in [0.5, 0.6) is 0 Å². The summed E-state index contributed by atoms with van der Waals surface area (Å²) in [6.07, 6.45) is 2.07. The predicted molar refractivity (Wildman–Crippen MR) is 180 cm³/mol. The molecule has 2 heterocycles. The quantitative estimate of drug-likeness (QED) is 0.300. The van der Waals surface area contributed by atoms with Crippen LogP contribution < -0.4 is 20.9 Å². The number of amides is 4. The molecule has 1 aliphatic heterocycles. The maximum atomic E-state index is 13.2. The molecular formula is C35H49N7O3. The van der Waals surface area contributed by atoms with E-state index in [4.69, 9.17) is 0 Å². The van der Waals surface area contributed by atoms with Gasteiger partial charge in [0.15, 0.2) is 0 Å². The highest BCUT2D eigenvalue weighted by Gasteiger charge is 2.30. The first-order valence-electron chi connectivity index (χ1n) is 15.7. The van der Waals surface area contributed by atoms with E-state index >= 15 is 0 Å². The first-order valence-corrected chi connectivity index (χ1v) is 15.7. The Bertz CT molecular complexity index is 1510. The minimum Gasteiger partial charge on any atom is -0.351 e. The summed E-state index contributed by atoms with van der Waals surface area (Å²) in [5, 5.41) is 13.4. The summed E-state index contributed by atoms with van der Waals surface area (Å²) in [4.78, 5) is 42.7. The van der Waals surface area contributed by atoms with Gasteiger partial charge in [-0.2, -0.15) is 5.10 Å². The van der Waals surface area contributed by atoms with Crippen LogP contribution >= 0.6 is 0 Å². The third-order valence-corrected chi connectivity index (χ3v) is 8.33. The topological polar surface area (TPSA) is 112 Å². The Kier molecular flexibility index (Phi) is 10.7. The molecule has 0 radical (unpaired) electrons. The second-order valence-electron chi connectivity index (χ2n) is 13.5. The largest absolute Gasteiger partial charge is 0.351 e. The van der Waals surface area contributed by atoms with Gasteiger partial charge in [0.1, 0.15) is 5.82 Å². The smallest absolute Gasteiger partial charge is 0.320 e. The van der Waals surface area contributed by atoms with Gasteiger partial charge in [-0.15, -0.1) is 0 Å². The van der Waals surface area contributed by atoms with E-state index in [-0.39, 0.29) is 29.2 Å². The first kappa shape index (κ1) is 33.7. The van der Waals surface area contributed by atoms with Gasteiger partial charge in [-0.25, -0.2) is 4.79 Å². The standard InChI is InChI=1S/C35H49N7O3/c1-23-17-28(33(44)36-15-16-40(6)7)18-24(2)32(23)42-22-25(13-14-31(42)43)19-26-11-9-10-12-27(26)21-37-34(45)38-30-20-29(35(3,4)5)39-41(30)8/h9-12,17-18,20,25H,13-16,19,21-22H2,1-8H3,(H,36,44)(H2,37,38,45). The number of carbonyl (C=O) groups is 3. The monoisotopic (exact) mass is 615 g/mol. The van der Waals surface area contributed by atoms with Gasteiger partial charge in [-0.1, -0.05) is 45.0 Å². The zero-order valence-electron chi connectivity index (χ0n) is 28.1. The maximum Gasteiger partial charge on any atom is 0.320 e. The van der Waals surface area contributed by atoms with Crippen molar-refractivity contribution in [3.8, 4) is 0 Å². The number of hydrogen-bond acceptors (Lipinski definition) is 5. The molecule has 0 bridgehead atoms. The van der Waals surface area contributed by atoms with E-state index in [2.05, 4.69) is 47.9 Å². The number of piperidine rings is 1. The molecule has 1 aromatic heterocycles. The highest BCUT2D eigenvalue weighted by atomic mass is 16.2. The number of aryl methyl sites for hydroxylation is 3. The number of likely N-dealkylation sites (N-methyl/N-ethyl adjacent to an activating group) is 1. The lowest BCUT2D eigenvalue weighted by atomic mass is 9.88.